The van der Waals surface area contributed by atoms with E-state index in [2.05, 4.69) is 0 Å². The number of benzene rings is 1. The Kier molecular flexibility index (Phi) is 6.89. The second-order valence-corrected chi connectivity index (χ2v) is 5.30. The molecule has 0 radical (unpaired) electrons. The predicted molar refractivity (Wildman–Crippen MR) is 83.0 cm³/mol. The molecule has 1 heterocycles. The molecule has 1 amide bonds. The zero-order valence-corrected chi connectivity index (χ0v) is 13.2. The van der Waals surface area contributed by atoms with Gasteiger partial charge in [0, 0.05) is 25.2 Å². The molecule has 1 atom stereocenters. The molecule has 7 heteroatoms. The molecule has 0 aromatic heterocycles. The number of nitrogens with two attached hydrogens (primary N) is 1. The lowest BCUT2D eigenvalue weighted by atomic mass is 10.2. The van der Waals surface area contributed by atoms with Crippen LogP contribution < -0.4 is 10.5 Å². The molecule has 1 aliphatic rings. The van der Waals surface area contributed by atoms with Gasteiger partial charge in [-0.25, -0.2) is 0 Å². The second kappa shape index (κ2) is 7.93. The van der Waals surface area contributed by atoms with E-state index >= 15 is 0 Å². The summed E-state index contributed by atoms with van der Waals surface area (Å²) in [6.07, 6.45) is 1.97. The van der Waals surface area contributed by atoms with Crippen molar-refractivity contribution < 1.29 is 9.53 Å². The van der Waals surface area contributed by atoms with Gasteiger partial charge in [-0.05, 0) is 25.0 Å². The van der Waals surface area contributed by atoms with Gasteiger partial charge in [0.05, 0.1) is 10.0 Å². The van der Waals surface area contributed by atoms with Crippen molar-refractivity contribution in [2.45, 2.75) is 18.9 Å². The van der Waals surface area contributed by atoms with Crippen molar-refractivity contribution in [2.75, 3.05) is 19.7 Å². The van der Waals surface area contributed by atoms with Gasteiger partial charge in [0.25, 0.3) is 5.91 Å². The van der Waals surface area contributed by atoms with Crippen LogP contribution in [-0.4, -0.2) is 36.5 Å². The highest BCUT2D eigenvalue weighted by atomic mass is 35.5. The van der Waals surface area contributed by atoms with Crippen LogP contribution >= 0.6 is 35.6 Å². The van der Waals surface area contributed by atoms with E-state index < -0.39 is 0 Å². The van der Waals surface area contributed by atoms with E-state index in [1.807, 2.05) is 0 Å². The van der Waals surface area contributed by atoms with Gasteiger partial charge in [0.1, 0.15) is 5.75 Å². The maximum absolute atomic E-state index is 12.0. The summed E-state index contributed by atoms with van der Waals surface area (Å²) in [7, 11) is 0. The Bertz CT molecular complexity index is 471. The van der Waals surface area contributed by atoms with E-state index in [0.717, 1.165) is 19.4 Å². The topological polar surface area (TPSA) is 55.6 Å². The molecule has 4 nitrogen and oxygen atoms in total. The third-order valence-corrected chi connectivity index (χ3v) is 3.96. The minimum atomic E-state index is -0.0426. The SMILES string of the molecule is Cl.NCC1CCCN1C(=O)COc1ccc(Cl)c(Cl)c1. The lowest BCUT2D eigenvalue weighted by Gasteiger charge is -2.23. The number of carbonyl (C=O) groups excluding carboxylic acids is 1. The van der Waals surface area contributed by atoms with Gasteiger partial charge in [0.2, 0.25) is 0 Å². The Morgan fingerprint density at radius 2 is 2.15 bits per heavy atom. The van der Waals surface area contributed by atoms with Crippen LogP contribution in [0.5, 0.6) is 5.75 Å². The Labute approximate surface area is 134 Å². The van der Waals surface area contributed by atoms with Crippen LogP contribution in [-0.2, 0) is 4.79 Å². The molecule has 1 aromatic rings. The largest absolute Gasteiger partial charge is 0.484 e. The first-order chi connectivity index (χ1) is 9.11. The van der Waals surface area contributed by atoms with E-state index in [-0.39, 0.29) is 31.0 Å². The van der Waals surface area contributed by atoms with Crippen molar-refractivity contribution in [2.24, 2.45) is 5.73 Å². The van der Waals surface area contributed by atoms with E-state index in [4.69, 9.17) is 33.7 Å². The molecule has 2 rings (SSSR count). The number of amides is 1. The van der Waals surface area contributed by atoms with Crippen molar-refractivity contribution in [3.63, 3.8) is 0 Å². The second-order valence-electron chi connectivity index (χ2n) is 4.48. The molecule has 112 valence electrons. The normalized spacial score (nSPS) is 17.8. The summed E-state index contributed by atoms with van der Waals surface area (Å²) in [5.41, 5.74) is 5.64. The number of hydrogen-bond donors (Lipinski definition) is 1. The molecule has 1 saturated heterocycles. The summed E-state index contributed by atoms with van der Waals surface area (Å²) in [5.74, 6) is 0.491. The summed E-state index contributed by atoms with van der Waals surface area (Å²) in [4.78, 5) is 13.8. The molecule has 1 fully saturated rings. The average Bonchev–Trinajstić information content (AvgIpc) is 2.88. The van der Waals surface area contributed by atoms with E-state index in [0.29, 0.717) is 22.3 Å². The standard InChI is InChI=1S/C13H16Cl2N2O2.ClH/c14-11-4-3-10(6-12(11)15)19-8-13(18)17-5-1-2-9(17)7-16;/h3-4,6,9H,1-2,5,7-8,16H2;1H. The Balaban J connectivity index is 0.00000200. The van der Waals surface area contributed by atoms with E-state index in [1.165, 1.54) is 0 Å². The smallest absolute Gasteiger partial charge is 0.260 e. The number of ether oxygens (including phenoxy) is 1. The van der Waals surface area contributed by atoms with Crippen LogP contribution in [0.2, 0.25) is 10.0 Å². The van der Waals surface area contributed by atoms with Gasteiger partial charge in [0.15, 0.2) is 6.61 Å². The monoisotopic (exact) mass is 338 g/mol. The highest BCUT2D eigenvalue weighted by Crippen LogP contribution is 2.26. The lowest BCUT2D eigenvalue weighted by Crippen LogP contribution is -2.42. The molecule has 1 aliphatic heterocycles. The Morgan fingerprint density at radius 3 is 2.80 bits per heavy atom. The quantitative estimate of drug-likeness (QED) is 0.917. The summed E-state index contributed by atoms with van der Waals surface area (Å²) in [6.45, 7) is 1.25. The molecule has 2 N–H and O–H groups in total. The fraction of sp³-hybridized carbons (Fsp3) is 0.462. The Morgan fingerprint density at radius 1 is 1.40 bits per heavy atom. The molecule has 0 bridgehead atoms. The fourth-order valence-electron chi connectivity index (χ4n) is 2.20. The van der Waals surface area contributed by atoms with Gasteiger partial charge < -0.3 is 15.4 Å². The third-order valence-electron chi connectivity index (χ3n) is 3.22. The highest BCUT2D eigenvalue weighted by molar-refractivity contribution is 6.42. The first-order valence-electron chi connectivity index (χ1n) is 6.19. The molecule has 0 aliphatic carbocycles. The summed E-state index contributed by atoms with van der Waals surface area (Å²) < 4.78 is 5.43. The van der Waals surface area contributed by atoms with Gasteiger partial charge in [-0.15, -0.1) is 12.4 Å². The molecule has 20 heavy (non-hydrogen) atoms. The highest BCUT2D eigenvalue weighted by Gasteiger charge is 2.27. The molecule has 0 spiro atoms. The van der Waals surface area contributed by atoms with Crippen LogP contribution in [0.1, 0.15) is 12.8 Å². The van der Waals surface area contributed by atoms with Crippen LogP contribution in [0, 0.1) is 0 Å². The fourth-order valence-corrected chi connectivity index (χ4v) is 2.49. The maximum atomic E-state index is 12.0. The third kappa shape index (κ3) is 4.16. The van der Waals surface area contributed by atoms with Crippen molar-refractivity contribution >= 4 is 41.5 Å². The predicted octanol–water partition coefficient (Wildman–Crippen LogP) is 2.74. The first-order valence-corrected chi connectivity index (χ1v) is 6.95. The summed E-state index contributed by atoms with van der Waals surface area (Å²) in [6, 6.07) is 5.07. The van der Waals surface area contributed by atoms with Crippen molar-refractivity contribution in [3.05, 3.63) is 28.2 Å². The number of likely N-dealkylation sites (tertiary alicyclic amines) is 1. The van der Waals surface area contributed by atoms with E-state index in [1.54, 1.807) is 23.1 Å². The Hall–Kier alpha value is -0.680. The zero-order chi connectivity index (χ0) is 13.8. The van der Waals surface area contributed by atoms with Crippen LogP contribution in [0.4, 0.5) is 0 Å². The molecular formula is C13H17Cl3N2O2. The van der Waals surface area contributed by atoms with Crippen molar-refractivity contribution in [1.82, 2.24) is 4.90 Å². The molecule has 1 aromatic carbocycles. The van der Waals surface area contributed by atoms with Crippen molar-refractivity contribution in [3.8, 4) is 5.75 Å². The number of rotatable bonds is 4. The van der Waals surface area contributed by atoms with Gasteiger partial charge in [-0.1, -0.05) is 23.2 Å². The van der Waals surface area contributed by atoms with Crippen LogP contribution in [0.3, 0.4) is 0 Å². The van der Waals surface area contributed by atoms with Crippen molar-refractivity contribution in [1.29, 1.82) is 0 Å². The summed E-state index contributed by atoms with van der Waals surface area (Å²) >= 11 is 11.7. The minimum Gasteiger partial charge on any atom is -0.484 e. The summed E-state index contributed by atoms with van der Waals surface area (Å²) in [5, 5.41) is 0.871. The average molecular weight is 340 g/mol. The van der Waals surface area contributed by atoms with Gasteiger partial charge in [-0.3, -0.25) is 4.79 Å². The molecular weight excluding hydrogens is 323 g/mol. The first kappa shape index (κ1) is 17.4. The maximum Gasteiger partial charge on any atom is 0.260 e. The minimum absolute atomic E-state index is 0. The molecule has 1 unspecified atom stereocenters. The number of halogens is 3. The van der Waals surface area contributed by atoms with E-state index in [9.17, 15) is 4.79 Å². The lowest BCUT2D eigenvalue weighted by molar-refractivity contribution is -0.134. The number of nitrogens with zero attached hydrogens (tertiary/aromatic N) is 1. The van der Waals surface area contributed by atoms with Crippen LogP contribution in [0.15, 0.2) is 18.2 Å². The van der Waals surface area contributed by atoms with Gasteiger partial charge >= 0.3 is 0 Å². The van der Waals surface area contributed by atoms with Crippen LogP contribution in [0.25, 0.3) is 0 Å². The van der Waals surface area contributed by atoms with Gasteiger partial charge in [-0.2, -0.15) is 0 Å². The number of hydrogen-bond acceptors (Lipinski definition) is 3. The number of carbonyl (C=O) groups is 1. The molecule has 0 saturated carbocycles. The zero-order valence-electron chi connectivity index (χ0n) is 10.9.